The minimum absolute atomic E-state index is 0.187. The zero-order chi connectivity index (χ0) is 24.0. The van der Waals surface area contributed by atoms with Gasteiger partial charge in [0.2, 0.25) is 0 Å². The van der Waals surface area contributed by atoms with Gasteiger partial charge in [0.05, 0.1) is 11.4 Å². The maximum Gasteiger partial charge on any atom is 0.106 e. The van der Waals surface area contributed by atoms with Gasteiger partial charge in [-0.2, -0.15) is 0 Å². The number of aromatic nitrogens is 3. The molecule has 1 unspecified atom stereocenters. The van der Waals surface area contributed by atoms with Crippen LogP contribution in [0.25, 0.3) is 29.6 Å². The van der Waals surface area contributed by atoms with E-state index < -0.39 is 0 Å². The monoisotopic (exact) mass is 454 g/mol. The van der Waals surface area contributed by atoms with Crippen LogP contribution in [0.1, 0.15) is 65.2 Å². The highest BCUT2D eigenvalue weighted by Gasteiger charge is 2.38. The van der Waals surface area contributed by atoms with E-state index in [0.29, 0.717) is 24.0 Å². The van der Waals surface area contributed by atoms with Crippen LogP contribution in [-0.2, 0) is 0 Å². The Balaban J connectivity index is 1.72. The third-order valence-electron chi connectivity index (χ3n) is 8.92. The number of rotatable bonds is 0. The van der Waals surface area contributed by atoms with Crippen molar-refractivity contribution in [2.75, 3.05) is 0 Å². The highest BCUT2D eigenvalue weighted by molar-refractivity contribution is 5.71. The van der Waals surface area contributed by atoms with Crippen molar-refractivity contribution in [1.82, 2.24) is 20.3 Å². The maximum absolute atomic E-state index is 11.0. The fourth-order valence-corrected chi connectivity index (χ4v) is 6.07. The van der Waals surface area contributed by atoms with Crippen LogP contribution in [0.4, 0.5) is 0 Å². The van der Waals surface area contributed by atoms with Crippen molar-refractivity contribution < 1.29 is 5.11 Å². The Morgan fingerprint density at radius 3 is 1.97 bits per heavy atom. The lowest BCUT2D eigenvalue weighted by Crippen LogP contribution is -2.33. The molecule has 5 heterocycles. The molecule has 2 aliphatic heterocycles. The highest BCUT2D eigenvalue weighted by Crippen LogP contribution is 2.37. The second kappa shape index (κ2) is 7.08. The van der Waals surface area contributed by atoms with Crippen molar-refractivity contribution in [3.63, 3.8) is 0 Å². The lowest BCUT2D eigenvalue weighted by Gasteiger charge is -2.18. The molecule has 34 heavy (non-hydrogen) atoms. The summed E-state index contributed by atoms with van der Waals surface area (Å²) >= 11 is 0. The summed E-state index contributed by atoms with van der Waals surface area (Å²) in [5.41, 5.74) is 12.1. The molecule has 5 heteroatoms. The molecule has 3 atom stereocenters. The Morgan fingerprint density at radius 2 is 1.32 bits per heavy atom. The van der Waals surface area contributed by atoms with E-state index in [0.717, 1.165) is 43.9 Å². The van der Waals surface area contributed by atoms with Crippen LogP contribution in [0.15, 0.2) is 5.70 Å². The molecule has 0 saturated carbocycles. The van der Waals surface area contributed by atoms with E-state index >= 15 is 0 Å². The summed E-state index contributed by atoms with van der Waals surface area (Å²) in [6.45, 7) is 15.5. The summed E-state index contributed by atoms with van der Waals surface area (Å²) in [4.78, 5) is 11.0. The van der Waals surface area contributed by atoms with Gasteiger partial charge in [0.25, 0.3) is 0 Å². The van der Waals surface area contributed by atoms with Gasteiger partial charge in [-0.25, -0.2) is 0 Å². The van der Waals surface area contributed by atoms with Gasteiger partial charge in [-0.05, 0) is 92.2 Å². The molecule has 3 aromatic heterocycles. The van der Waals surface area contributed by atoms with Gasteiger partial charge in [0.1, 0.15) is 5.76 Å². The first-order valence-electron chi connectivity index (χ1n) is 12.4. The number of aromatic amines is 3. The van der Waals surface area contributed by atoms with E-state index in [1.165, 1.54) is 33.5 Å². The molecule has 0 aromatic carbocycles. The molecule has 0 amide bonds. The molecular formula is C29H34N4O. The van der Waals surface area contributed by atoms with Gasteiger partial charge in [-0.3, -0.25) is 0 Å². The molecule has 0 spiro atoms. The maximum atomic E-state index is 11.0. The number of fused-ring (bicyclic) bond motifs is 8. The van der Waals surface area contributed by atoms with Crippen molar-refractivity contribution >= 4 is 29.6 Å². The van der Waals surface area contributed by atoms with Gasteiger partial charge in [-0.15, -0.1) is 0 Å². The number of H-pyrrole nitrogens is 3. The molecular weight excluding hydrogens is 420 g/mol. The van der Waals surface area contributed by atoms with Gasteiger partial charge < -0.3 is 25.4 Å². The third-order valence-corrected chi connectivity index (χ3v) is 8.92. The van der Waals surface area contributed by atoms with Crippen molar-refractivity contribution in [1.29, 1.82) is 0 Å². The van der Waals surface area contributed by atoms with Crippen LogP contribution in [-0.4, -0.2) is 26.1 Å². The minimum atomic E-state index is 0.187. The van der Waals surface area contributed by atoms with Crippen LogP contribution >= 0.6 is 0 Å². The standard InChI is InChI=1S/C29H34N4O/c1-12-14(3)22-10-24-16(5)17(6)28(32-24)19-8-26(34)27-18(7)25(33-29(19)27)11-23-15(4)13(2)21(31-23)9-20(12)30-22/h9-11,16-17,28,30-34H,8H2,1-7H3/b21-9-,23-11-,24-10-/t16-,17-,28?/m0/s1. The molecule has 176 valence electrons. The number of nitrogens with one attached hydrogen (secondary N) is 4. The number of allylic oxidation sites excluding steroid dienone is 1. The second-order valence-corrected chi connectivity index (χ2v) is 10.6. The zero-order valence-electron chi connectivity index (χ0n) is 21.1. The van der Waals surface area contributed by atoms with Crippen LogP contribution in [0, 0.1) is 46.5 Å². The molecule has 6 rings (SSSR count). The van der Waals surface area contributed by atoms with Crippen molar-refractivity contribution in [2.24, 2.45) is 11.8 Å². The molecule has 3 aliphatic rings. The van der Waals surface area contributed by atoms with E-state index in [1.807, 2.05) is 0 Å². The first-order valence-corrected chi connectivity index (χ1v) is 12.4. The largest absolute Gasteiger partial charge is 0.511 e. The van der Waals surface area contributed by atoms with E-state index in [-0.39, 0.29) is 6.04 Å². The van der Waals surface area contributed by atoms with Gasteiger partial charge in [-0.1, -0.05) is 13.8 Å². The summed E-state index contributed by atoms with van der Waals surface area (Å²) in [6, 6.07) is 0.187. The number of hydrogen-bond donors (Lipinski definition) is 5. The average Bonchev–Trinajstić information content (AvgIpc) is 3.52. The average molecular weight is 455 g/mol. The predicted octanol–water partition coefficient (Wildman–Crippen LogP) is 2.69. The normalized spacial score (nSPS) is 26.6. The molecule has 0 radical (unpaired) electrons. The summed E-state index contributed by atoms with van der Waals surface area (Å²) in [7, 11) is 0. The summed E-state index contributed by atoms with van der Waals surface area (Å²) in [5, 5.41) is 19.1. The number of hydrogen-bond acceptors (Lipinski definition) is 2. The van der Waals surface area contributed by atoms with Crippen LogP contribution in [0.2, 0.25) is 0 Å². The van der Waals surface area contributed by atoms with E-state index in [1.54, 1.807) is 0 Å². The summed E-state index contributed by atoms with van der Waals surface area (Å²) < 4.78 is 0. The van der Waals surface area contributed by atoms with E-state index in [9.17, 15) is 5.11 Å². The number of aliphatic hydroxyl groups is 1. The Bertz CT molecular complexity index is 1650. The Kier molecular flexibility index (Phi) is 4.42. The van der Waals surface area contributed by atoms with E-state index in [4.69, 9.17) is 0 Å². The summed E-state index contributed by atoms with van der Waals surface area (Å²) in [6.07, 6.45) is 7.33. The van der Waals surface area contributed by atoms with Crippen molar-refractivity contribution in [2.45, 2.75) is 60.9 Å². The fraction of sp³-hybridized carbons (Fsp3) is 0.379. The van der Waals surface area contributed by atoms with Gasteiger partial charge >= 0.3 is 0 Å². The fourth-order valence-electron chi connectivity index (χ4n) is 6.07. The molecule has 5 N–H and O–H groups in total. The number of aliphatic hydroxyl groups excluding tert-OH is 1. The van der Waals surface area contributed by atoms with Crippen LogP contribution in [0.5, 0.6) is 0 Å². The molecule has 1 saturated heterocycles. The lowest BCUT2D eigenvalue weighted by atomic mass is 9.88. The second-order valence-electron chi connectivity index (χ2n) is 10.6. The van der Waals surface area contributed by atoms with Gasteiger partial charge in [0.15, 0.2) is 0 Å². The van der Waals surface area contributed by atoms with Crippen molar-refractivity contribution in [3.05, 3.63) is 71.9 Å². The first kappa shape index (κ1) is 21.2. The Labute approximate surface area is 199 Å². The highest BCUT2D eigenvalue weighted by atomic mass is 16.3. The minimum Gasteiger partial charge on any atom is -0.511 e. The van der Waals surface area contributed by atoms with Crippen LogP contribution in [0.3, 0.4) is 0 Å². The molecule has 8 bridgehead atoms. The zero-order valence-corrected chi connectivity index (χ0v) is 21.1. The Hall–Kier alpha value is -3.34. The molecule has 1 aliphatic carbocycles. The molecule has 3 aromatic rings. The van der Waals surface area contributed by atoms with Crippen LogP contribution < -0.4 is 26.6 Å². The Morgan fingerprint density at radius 1 is 0.735 bits per heavy atom. The van der Waals surface area contributed by atoms with E-state index in [2.05, 4.69) is 87.0 Å². The predicted molar refractivity (Wildman–Crippen MR) is 139 cm³/mol. The lowest BCUT2D eigenvalue weighted by molar-refractivity contribution is 0.463. The smallest absolute Gasteiger partial charge is 0.106 e. The molecule has 5 nitrogen and oxygen atoms in total. The van der Waals surface area contributed by atoms with Crippen molar-refractivity contribution in [3.8, 4) is 0 Å². The third kappa shape index (κ3) is 2.79. The summed E-state index contributed by atoms with van der Waals surface area (Å²) in [5.74, 6) is 1.30. The van der Waals surface area contributed by atoms with Gasteiger partial charge in [0, 0.05) is 51.0 Å². The SMILES string of the molecule is Cc1c2[nH]c(c1C)/C=c1\[nH]/c(c(C)c1C)=C\c1[nH]c3c(c1C)=C(O)CC=3C1N/C(=C\2)[C@@H](C)[C@@H]1C. The molecule has 1 fully saturated rings. The first-order chi connectivity index (χ1) is 16.2. The quantitative estimate of drug-likeness (QED) is 0.362. The topological polar surface area (TPSA) is 79.6 Å².